The fourth-order valence-corrected chi connectivity index (χ4v) is 3.77. The summed E-state index contributed by atoms with van der Waals surface area (Å²) in [6, 6.07) is 22.5. The average molecular weight is 457 g/mol. The van der Waals surface area contributed by atoms with Crippen molar-refractivity contribution < 1.29 is 14.3 Å². The van der Waals surface area contributed by atoms with Crippen molar-refractivity contribution in [3.63, 3.8) is 0 Å². The molecule has 0 aliphatic carbocycles. The lowest BCUT2D eigenvalue weighted by Gasteiger charge is -2.11. The third-order valence-electron chi connectivity index (χ3n) is 5.59. The number of nitrogens with one attached hydrogen (secondary N) is 2. The molecule has 0 aliphatic heterocycles. The molecule has 3 aromatic carbocycles. The largest absolute Gasteiger partial charge is 0.497 e. The van der Waals surface area contributed by atoms with Gasteiger partial charge in [-0.05, 0) is 61.9 Å². The second-order valence-electron chi connectivity index (χ2n) is 8.11. The molecule has 0 aliphatic rings. The van der Waals surface area contributed by atoms with Crippen molar-refractivity contribution in [2.75, 3.05) is 19.0 Å². The van der Waals surface area contributed by atoms with Crippen LogP contribution in [0.3, 0.4) is 0 Å². The number of hydrogen-bond acceptors (Lipinski definition) is 4. The van der Waals surface area contributed by atoms with Gasteiger partial charge in [0.1, 0.15) is 18.1 Å². The van der Waals surface area contributed by atoms with Crippen LogP contribution in [-0.2, 0) is 17.8 Å². The van der Waals surface area contributed by atoms with Gasteiger partial charge < -0.3 is 19.9 Å². The Labute approximate surface area is 198 Å². The number of benzene rings is 3. The maximum Gasteiger partial charge on any atom is 0.251 e. The van der Waals surface area contributed by atoms with E-state index in [0.29, 0.717) is 30.6 Å². The number of aromatic nitrogens is 2. The molecule has 2 N–H and O–H groups in total. The predicted molar refractivity (Wildman–Crippen MR) is 133 cm³/mol. The fourth-order valence-electron chi connectivity index (χ4n) is 3.77. The summed E-state index contributed by atoms with van der Waals surface area (Å²) in [4.78, 5) is 29.9. The summed E-state index contributed by atoms with van der Waals surface area (Å²) in [5.74, 6) is 1.32. The zero-order chi connectivity index (χ0) is 23.9. The third kappa shape index (κ3) is 5.61. The molecule has 7 nitrogen and oxygen atoms in total. The van der Waals surface area contributed by atoms with Crippen LogP contribution >= 0.6 is 0 Å². The summed E-state index contributed by atoms with van der Waals surface area (Å²) in [7, 11) is 1.60. The zero-order valence-electron chi connectivity index (χ0n) is 19.4. The van der Waals surface area contributed by atoms with Crippen molar-refractivity contribution in [3.8, 4) is 5.75 Å². The van der Waals surface area contributed by atoms with Crippen LogP contribution < -0.4 is 15.4 Å². The first kappa shape index (κ1) is 23.0. The van der Waals surface area contributed by atoms with E-state index in [1.54, 1.807) is 31.4 Å². The van der Waals surface area contributed by atoms with Crippen molar-refractivity contribution in [1.82, 2.24) is 14.9 Å². The first-order chi connectivity index (χ1) is 16.5. The van der Waals surface area contributed by atoms with Gasteiger partial charge in [0.05, 0.1) is 18.1 Å². The molecular formula is C27H28N4O3. The number of hydrogen-bond donors (Lipinski definition) is 2. The smallest absolute Gasteiger partial charge is 0.251 e. The predicted octanol–water partition coefficient (Wildman–Crippen LogP) is 4.35. The quantitative estimate of drug-likeness (QED) is 0.367. The molecule has 0 fully saturated rings. The number of nitrogens with zero attached hydrogens (tertiary/aromatic N) is 2. The molecule has 0 saturated carbocycles. The number of fused-ring (bicyclic) bond motifs is 1. The van der Waals surface area contributed by atoms with Gasteiger partial charge in [-0.2, -0.15) is 0 Å². The van der Waals surface area contributed by atoms with Gasteiger partial charge in [0, 0.05) is 24.2 Å². The van der Waals surface area contributed by atoms with E-state index in [2.05, 4.69) is 10.6 Å². The number of ether oxygens (including phenoxy) is 1. The Morgan fingerprint density at radius 3 is 2.44 bits per heavy atom. The minimum absolute atomic E-state index is 0.0904. The molecule has 0 unspecified atom stereocenters. The number of para-hydroxylation sites is 2. The average Bonchev–Trinajstić information content (AvgIpc) is 3.19. The van der Waals surface area contributed by atoms with E-state index in [1.165, 1.54) is 0 Å². The summed E-state index contributed by atoms with van der Waals surface area (Å²) in [5.41, 5.74) is 4.22. The molecule has 0 bridgehead atoms. The van der Waals surface area contributed by atoms with Gasteiger partial charge in [-0.1, -0.05) is 29.8 Å². The number of methoxy groups -OCH3 is 1. The maximum absolute atomic E-state index is 12.8. The van der Waals surface area contributed by atoms with E-state index in [-0.39, 0.29) is 18.4 Å². The lowest BCUT2D eigenvalue weighted by molar-refractivity contribution is -0.116. The zero-order valence-corrected chi connectivity index (χ0v) is 19.4. The van der Waals surface area contributed by atoms with E-state index in [9.17, 15) is 9.59 Å². The number of imidazole rings is 1. The Hall–Kier alpha value is -4.13. The number of anilines is 1. The van der Waals surface area contributed by atoms with Crippen LogP contribution in [-0.4, -0.2) is 35.0 Å². The second-order valence-corrected chi connectivity index (χ2v) is 8.11. The number of aryl methyl sites for hydroxylation is 2. The van der Waals surface area contributed by atoms with Crippen LogP contribution in [0.15, 0.2) is 72.8 Å². The van der Waals surface area contributed by atoms with Gasteiger partial charge in [-0.15, -0.1) is 0 Å². The molecule has 1 heterocycles. The van der Waals surface area contributed by atoms with Crippen molar-refractivity contribution in [1.29, 1.82) is 0 Å². The minimum Gasteiger partial charge on any atom is -0.497 e. The van der Waals surface area contributed by atoms with Gasteiger partial charge in [-0.25, -0.2) is 4.98 Å². The third-order valence-corrected chi connectivity index (χ3v) is 5.59. The molecule has 7 heteroatoms. The van der Waals surface area contributed by atoms with Crippen molar-refractivity contribution in [3.05, 3.63) is 89.7 Å². The molecule has 4 rings (SSSR count). The van der Waals surface area contributed by atoms with Crippen LogP contribution in [0.4, 0.5) is 5.69 Å². The Morgan fingerprint density at radius 2 is 1.71 bits per heavy atom. The van der Waals surface area contributed by atoms with Crippen LogP contribution in [0, 0.1) is 6.92 Å². The molecule has 2 amide bonds. The van der Waals surface area contributed by atoms with Gasteiger partial charge in [0.2, 0.25) is 5.91 Å². The number of rotatable bonds is 9. The van der Waals surface area contributed by atoms with Gasteiger partial charge in [0.25, 0.3) is 5.91 Å². The highest BCUT2D eigenvalue weighted by atomic mass is 16.5. The standard InChI is InChI=1S/C27H28N4O3/c1-19-9-11-20(12-10-19)27(33)28-17-5-8-25-30-23-6-3-4-7-24(23)31(25)18-26(32)29-21-13-15-22(34-2)16-14-21/h3-4,6-7,9-16H,5,8,17-18H2,1-2H3,(H,28,33)(H,29,32). The van der Waals surface area contributed by atoms with Crippen molar-refractivity contribution >= 4 is 28.5 Å². The summed E-state index contributed by atoms with van der Waals surface area (Å²) >= 11 is 0. The molecule has 0 radical (unpaired) electrons. The molecule has 0 saturated heterocycles. The van der Waals surface area contributed by atoms with Crippen molar-refractivity contribution in [2.24, 2.45) is 0 Å². The van der Waals surface area contributed by atoms with Crippen LogP contribution in [0.25, 0.3) is 11.0 Å². The normalized spacial score (nSPS) is 10.8. The van der Waals surface area contributed by atoms with Crippen LogP contribution in [0.5, 0.6) is 5.75 Å². The van der Waals surface area contributed by atoms with Gasteiger partial charge >= 0.3 is 0 Å². The van der Waals surface area contributed by atoms with Crippen molar-refractivity contribution in [2.45, 2.75) is 26.3 Å². The molecule has 1 aromatic heterocycles. The van der Waals surface area contributed by atoms with Gasteiger partial charge in [0.15, 0.2) is 0 Å². The highest BCUT2D eigenvalue weighted by Crippen LogP contribution is 2.19. The summed E-state index contributed by atoms with van der Waals surface area (Å²) in [6.45, 7) is 2.66. The second kappa shape index (κ2) is 10.7. The molecule has 4 aromatic rings. The first-order valence-corrected chi connectivity index (χ1v) is 11.3. The number of carbonyl (C=O) groups excluding carboxylic acids is 2. The van der Waals surface area contributed by atoms with Crippen LogP contribution in [0.1, 0.15) is 28.2 Å². The Kier molecular flexibility index (Phi) is 7.22. The monoisotopic (exact) mass is 456 g/mol. The maximum atomic E-state index is 12.8. The van der Waals surface area contributed by atoms with E-state index in [1.807, 2.05) is 60.0 Å². The van der Waals surface area contributed by atoms with E-state index in [4.69, 9.17) is 9.72 Å². The Balaban J connectivity index is 1.39. The highest BCUT2D eigenvalue weighted by Gasteiger charge is 2.14. The lowest BCUT2D eigenvalue weighted by Crippen LogP contribution is -2.25. The SMILES string of the molecule is COc1ccc(NC(=O)Cn2c(CCCNC(=O)c3ccc(C)cc3)nc3ccccc32)cc1. The molecular weight excluding hydrogens is 428 g/mol. The fraction of sp³-hybridized carbons (Fsp3) is 0.222. The highest BCUT2D eigenvalue weighted by molar-refractivity contribution is 5.94. The lowest BCUT2D eigenvalue weighted by atomic mass is 10.1. The minimum atomic E-state index is -0.137. The Morgan fingerprint density at radius 1 is 0.971 bits per heavy atom. The molecule has 34 heavy (non-hydrogen) atoms. The van der Waals surface area contributed by atoms with Gasteiger partial charge in [-0.3, -0.25) is 9.59 Å². The summed E-state index contributed by atoms with van der Waals surface area (Å²) < 4.78 is 7.10. The van der Waals surface area contributed by atoms with E-state index >= 15 is 0 Å². The molecule has 174 valence electrons. The van der Waals surface area contributed by atoms with Crippen LogP contribution in [0.2, 0.25) is 0 Å². The molecule has 0 spiro atoms. The van der Waals surface area contributed by atoms with E-state index in [0.717, 1.165) is 28.2 Å². The number of amides is 2. The first-order valence-electron chi connectivity index (χ1n) is 11.3. The summed E-state index contributed by atoms with van der Waals surface area (Å²) in [6.07, 6.45) is 1.35. The van der Waals surface area contributed by atoms with E-state index < -0.39 is 0 Å². The molecule has 0 atom stereocenters. The number of carbonyl (C=O) groups is 2. The summed E-state index contributed by atoms with van der Waals surface area (Å²) in [5, 5.41) is 5.89. The topological polar surface area (TPSA) is 85.2 Å². The Bertz CT molecular complexity index is 1280.